The van der Waals surface area contributed by atoms with Gasteiger partial charge in [0.1, 0.15) is 18.0 Å². The molecular weight excluding hydrogens is 574 g/mol. The molecule has 3 aromatic heterocycles. The van der Waals surface area contributed by atoms with Gasteiger partial charge in [-0.2, -0.15) is 9.97 Å². The first kappa shape index (κ1) is 28.9. The fourth-order valence-electron chi connectivity index (χ4n) is 5.54. The number of imidazole rings is 2. The molecule has 1 amide bonds. The molecule has 234 valence electrons. The summed E-state index contributed by atoms with van der Waals surface area (Å²) in [5, 5.41) is 30.9. The van der Waals surface area contributed by atoms with Crippen molar-refractivity contribution >= 4 is 28.8 Å². The lowest BCUT2D eigenvalue weighted by Gasteiger charge is -2.20. The summed E-state index contributed by atoms with van der Waals surface area (Å²) in [4.78, 5) is 34.1. The fourth-order valence-corrected chi connectivity index (χ4v) is 5.54. The van der Waals surface area contributed by atoms with E-state index in [9.17, 15) is 15.0 Å². The van der Waals surface area contributed by atoms with Crippen LogP contribution in [0.25, 0.3) is 11.2 Å². The molecule has 6 rings (SSSR count). The van der Waals surface area contributed by atoms with E-state index in [1.165, 1.54) is 10.9 Å². The highest BCUT2D eigenvalue weighted by Crippen LogP contribution is 2.34. The summed E-state index contributed by atoms with van der Waals surface area (Å²) in [6.07, 6.45) is -1.49. The number of benzene rings is 2. The zero-order valence-corrected chi connectivity index (χ0v) is 24.8. The monoisotopic (exact) mass is 612 g/mol. The molecule has 45 heavy (non-hydrogen) atoms. The van der Waals surface area contributed by atoms with Gasteiger partial charge in [0.2, 0.25) is 5.95 Å². The Morgan fingerprint density at radius 3 is 2.44 bits per heavy atom. The largest absolute Gasteiger partial charge is 0.387 e. The van der Waals surface area contributed by atoms with Crippen LogP contribution >= 0.6 is 0 Å². The minimum atomic E-state index is -1.49. The van der Waals surface area contributed by atoms with Crippen LogP contribution in [-0.4, -0.2) is 83.6 Å². The number of aliphatic hydroxyl groups excluding tert-OH is 2. The molecule has 1 aliphatic rings. The molecule has 1 saturated heterocycles. The number of hydrogen-bond donors (Lipinski definition) is 6. The molecule has 4 atom stereocenters. The van der Waals surface area contributed by atoms with Gasteiger partial charge in [0, 0.05) is 45.2 Å². The summed E-state index contributed by atoms with van der Waals surface area (Å²) in [7, 11) is 0. The average Bonchev–Trinajstić information content (AvgIpc) is 3.78. The quantitative estimate of drug-likeness (QED) is 0.123. The van der Waals surface area contributed by atoms with Gasteiger partial charge in [0.05, 0.1) is 6.33 Å². The van der Waals surface area contributed by atoms with Crippen LogP contribution in [0.2, 0.25) is 0 Å². The highest BCUT2D eigenvalue weighted by molar-refractivity contribution is 5.85. The number of hydrogen-bond acceptors (Lipinski definition) is 10. The van der Waals surface area contributed by atoms with Crippen molar-refractivity contribution in [2.75, 3.05) is 30.3 Å². The van der Waals surface area contributed by atoms with Gasteiger partial charge < -0.3 is 35.9 Å². The first-order chi connectivity index (χ1) is 22.4. The van der Waals surface area contributed by atoms with Crippen LogP contribution in [0.5, 0.6) is 0 Å². The Hall–Kier alpha value is -4.85. The predicted molar refractivity (Wildman–Crippen MR) is 169 cm³/mol. The van der Waals surface area contributed by atoms with Gasteiger partial charge >= 0.3 is 0 Å². The first-order valence-corrected chi connectivity index (χ1v) is 14.8. The molecule has 1 fully saturated rings. The normalized spacial score (nSPS) is 20.0. The first-order valence-electron chi connectivity index (χ1n) is 15.5. The van der Waals surface area contributed by atoms with Crippen LogP contribution in [0, 0.1) is 6.92 Å². The zero-order valence-electron chi connectivity index (χ0n) is 25.8. The zero-order chi connectivity index (χ0) is 32.0. The molecule has 13 heteroatoms. The van der Waals surface area contributed by atoms with Crippen molar-refractivity contribution in [2.24, 2.45) is 0 Å². The van der Waals surface area contributed by atoms with E-state index in [2.05, 4.69) is 55.2 Å². The Morgan fingerprint density at radius 1 is 1.04 bits per heavy atom. The number of ether oxygens (including phenoxy) is 1. The van der Waals surface area contributed by atoms with Crippen molar-refractivity contribution < 1.29 is 21.1 Å². The van der Waals surface area contributed by atoms with Gasteiger partial charge in [-0.15, -0.1) is 0 Å². The lowest BCUT2D eigenvalue weighted by atomic mass is 9.91. The van der Waals surface area contributed by atoms with E-state index in [4.69, 9.17) is 16.1 Å². The van der Waals surface area contributed by atoms with Gasteiger partial charge in [-0.1, -0.05) is 60.7 Å². The van der Waals surface area contributed by atoms with Crippen LogP contribution in [0.1, 0.15) is 43.1 Å². The van der Waals surface area contributed by atoms with Crippen molar-refractivity contribution in [3.05, 3.63) is 95.8 Å². The molecule has 0 radical (unpaired) electrons. The number of rotatable bonds is 12. The Bertz CT molecular complexity index is 1710. The number of aromatic amines is 1. The molecule has 1 aliphatic heterocycles. The maximum atomic E-state index is 12.6. The second-order valence-electron chi connectivity index (χ2n) is 10.9. The Labute approximate surface area is 261 Å². The molecule has 4 heterocycles. The molecule has 1 unspecified atom stereocenters. The van der Waals surface area contributed by atoms with Crippen LogP contribution < -0.4 is 16.0 Å². The molecule has 2 aromatic carbocycles. The Morgan fingerprint density at radius 2 is 1.78 bits per heavy atom. The number of fused-ring (bicyclic) bond motifs is 1. The summed E-state index contributed by atoms with van der Waals surface area (Å²) >= 11 is 0. The van der Waals surface area contributed by atoms with Crippen LogP contribution in [0.3, 0.4) is 0 Å². The van der Waals surface area contributed by atoms with Crippen molar-refractivity contribution in [3.8, 4) is 0 Å². The standard InChI is InChI=1S/C32H37N9O4/c1-3-33-30(44)27-25(42)26(43)31(45-27)41-18-37-24-28(39-32(40-29(24)41)34-15-14-22-16-35-19(2)38-22)36-17-23(20-10-6-4-7-11-20)21-12-8-5-9-13-21/h4-13,16,18,23,25-27,31,42-43H,3,14-15,17H2,1-2H3,(H,33,44)(H,35,38)(H2,34,36,39,40)/t25-,26+,27-,31?/m0/s1/i1D. The summed E-state index contributed by atoms with van der Waals surface area (Å²) < 4.78 is 14.7. The van der Waals surface area contributed by atoms with Crippen LogP contribution in [0.15, 0.2) is 73.2 Å². The topological polar surface area (TPSA) is 175 Å². The summed E-state index contributed by atoms with van der Waals surface area (Å²) in [6, 6.07) is 20.4. The second-order valence-corrected chi connectivity index (χ2v) is 10.9. The number of aryl methyl sites for hydroxylation is 1. The fraction of sp³-hybridized carbons (Fsp3) is 0.344. The molecule has 0 bridgehead atoms. The molecule has 0 saturated carbocycles. The SMILES string of the molecule is [2H]CCNC(=O)[C@H]1OC(n2cnc3c(NCC(c4ccccc4)c4ccccc4)nc(NCCc4cnc(C)[nH]4)nc32)[C@H](O)[C@@H]1O. The van der Waals surface area contributed by atoms with Gasteiger partial charge in [0.25, 0.3) is 5.91 Å². The van der Waals surface area contributed by atoms with Gasteiger partial charge in [-0.05, 0) is 25.0 Å². The van der Waals surface area contributed by atoms with E-state index in [0.29, 0.717) is 42.4 Å². The maximum Gasteiger partial charge on any atom is 0.252 e. The second kappa shape index (κ2) is 13.4. The highest BCUT2D eigenvalue weighted by Gasteiger charge is 2.47. The van der Waals surface area contributed by atoms with Crippen LogP contribution in [-0.2, 0) is 16.0 Å². The van der Waals surface area contributed by atoms with Gasteiger partial charge in [-0.25, -0.2) is 9.97 Å². The Kier molecular flexibility index (Phi) is 8.62. The van der Waals surface area contributed by atoms with E-state index in [-0.39, 0.29) is 19.4 Å². The summed E-state index contributed by atoms with van der Waals surface area (Å²) in [5.41, 5.74) is 4.01. The summed E-state index contributed by atoms with van der Waals surface area (Å²) in [6.45, 7) is 2.98. The number of likely N-dealkylation sites (N-methyl/N-ethyl adjacent to an activating group) is 1. The molecule has 0 aliphatic carbocycles. The number of aromatic nitrogens is 6. The van der Waals surface area contributed by atoms with Crippen LogP contribution in [0.4, 0.5) is 11.8 Å². The smallest absolute Gasteiger partial charge is 0.252 e. The number of aliphatic hydroxyl groups is 2. The third-order valence-corrected chi connectivity index (χ3v) is 7.80. The third-order valence-electron chi connectivity index (χ3n) is 7.80. The van der Waals surface area contributed by atoms with E-state index < -0.39 is 30.4 Å². The molecule has 13 nitrogen and oxygen atoms in total. The van der Waals surface area contributed by atoms with Crippen molar-refractivity contribution in [3.63, 3.8) is 0 Å². The number of anilines is 2. The number of nitrogens with one attached hydrogen (secondary N) is 4. The van der Waals surface area contributed by atoms with E-state index in [0.717, 1.165) is 22.6 Å². The van der Waals surface area contributed by atoms with Crippen molar-refractivity contribution in [2.45, 2.75) is 50.7 Å². The number of carbonyl (C=O) groups is 1. The number of H-pyrrole nitrogens is 1. The van der Waals surface area contributed by atoms with Crippen molar-refractivity contribution in [1.29, 1.82) is 0 Å². The molecular formula is C32H37N9O4. The highest BCUT2D eigenvalue weighted by atomic mass is 16.6. The lowest BCUT2D eigenvalue weighted by Crippen LogP contribution is -2.42. The average molecular weight is 613 g/mol. The van der Waals surface area contributed by atoms with Gasteiger partial charge in [-0.3, -0.25) is 9.36 Å². The maximum absolute atomic E-state index is 12.6. The van der Waals surface area contributed by atoms with E-state index >= 15 is 0 Å². The van der Waals surface area contributed by atoms with E-state index in [1.807, 2.05) is 43.3 Å². The summed E-state index contributed by atoms with van der Waals surface area (Å²) in [5.74, 6) is 1.03. The molecule has 6 N–H and O–H groups in total. The number of nitrogens with zero attached hydrogens (tertiary/aromatic N) is 5. The predicted octanol–water partition coefficient (Wildman–Crippen LogP) is 2.51. The minimum absolute atomic E-state index is 0.00709. The lowest BCUT2D eigenvalue weighted by molar-refractivity contribution is -0.137. The Balaban J connectivity index is 1.31. The van der Waals surface area contributed by atoms with Gasteiger partial charge in [0.15, 0.2) is 29.3 Å². The van der Waals surface area contributed by atoms with E-state index in [1.54, 1.807) is 6.20 Å². The van der Waals surface area contributed by atoms with Crippen molar-refractivity contribution in [1.82, 2.24) is 34.8 Å². The third kappa shape index (κ3) is 6.50. The minimum Gasteiger partial charge on any atom is -0.387 e. The molecule has 0 spiro atoms. The molecule has 5 aromatic rings. The number of carbonyl (C=O) groups excluding carboxylic acids is 1. The number of amides is 1.